The molecule has 156 valence electrons. The third kappa shape index (κ3) is 2.95. The minimum Gasteiger partial charge on any atom is -0.339 e. The van der Waals surface area contributed by atoms with Crippen molar-refractivity contribution in [3.63, 3.8) is 0 Å². The molecule has 1 amide bonds. The van der Waals surface area contributed by atoms with Crippen LogP contribution in [-0.2, 0) is 13.5 Å². The van der Waals surface area contributed by atoms with E-state index in [0.29, 0.717) is 25.1 Å². The van der Waals surface area contributed by atoms with Crippen molar-refractivity contribution in [2.45, 2.75) is 45.6 Å². The molecule has 30 heavy (non-hydrogen) atoms. The van der Waals surface area contributed by atoms with Gasteiger partial charge in [-0.15, -0.1) is 0 Å². The van der Waals surface area contributed by atoms with Crippen molar-refractivity contribution in [3.05, 3.63) is 47.4 Å². The van der Waals surface area contributed by atoms with E-state index in [9.17, 15) is 9.59 Å². The number of rotatable bonds is 2. The Kier molecular flexibility index (Phi) is 4.31. The summed E-state index contributed by atoms with van der Waals surface area (Å²) in [5.74, 6) is 0.257. The first-order valence-electron chi connectivity index (χ1n) is 10.7. The van der Waals surface area contributed by atoms with Crippen molar-refractivity contribution in [2.75, 3.05) is 13.1 Å². The lowest BCUT2D eigenvalue weighted by Crippen LogP contribution is -2.46. The quantitative estimate of drug-likeness (QED) is 0.655. The fourth-order valence-electron chi connectivity index (χ4n) is 5.11. The lowest BCUT2D eigenvalue weighted by Gasteiger charge is -2.43. The number of likely N-dealkylation sites (tertiary alicyclic amines) is 1. The summed E-state index contributed by atoms with van der Waals surface area (Å²) in [5.41, 5.74) is 3.47. The molecular formula is C23H27N5O2. The summed E-state index contributed by atoms with van der Waals surface area (Å²) in [6.07, 6.45) is 6.82. The molecule has 7 nitrogen and oxygen atoms in total. The van der Waals surface area contributed by atoms with Gasteiger partial charge < -0.3 is 4.90 Å². The first kappa shape index (κ1) is 19.0. The van der Waals surface area contributed by atoms with Crippen molar-refractivity contribution < 1.29 is 9.59 Å². The van der Waals surface area contributed by atoms with Crippen LogP contribution in [0.5, 0.6) is 0 Å². The Hall–Kier alpha value is -2.96. The van der Waals surface area contributed by atoms with Gasteiger partial charge in [0, 0.05) is 49.1 Å². The van der Waals surface area contributed by atoms with Gasteiger partial charge in [-0.3, -0.25) is 19.0 Å². The largest absolute Gasteiger partial charge is 0.339 e. The number of hydrogen-bond acceptors (Lipinski definition) is 4. The topological polar surface area (TPSA) is 73.0 Å². The van der Waals surface area contributed by atoms with E-state index in [0.717, 1.165) is 41.4 Å². The number of hydrogen-bond donors (Lipinski definition) is 0. The number of carbonyl (C=O) groups excluding carboxylic acids is 2. The van der Waals surface area contributed by atoms with Crippen LogP contribution in [0, 0.1) is 5.41 Å². The van der Waals surface area contributed by atoms with Gasteiger partial charge in [0.2, 0.25) is 0 Å². The molecule has 2 aromatic heterocycles. The smallest absolute Gasteiger partial charge is 0.253 e. The highest BCUT2D eigenvalue weighted by atomic mass is 16.2. The number of amides is 1. The van der Waals surface area contributed by atoms with Gasteiger partial charge in [0.1, 0.15) is 5.69 Å². The first-order valence-corrected chi connectivity index (χ1v) is 10.7. The van der Waals surface area contributed by atoms with Crippen molar-refractivity contribution in [2.24, 2.45) is 12.5 Å². The Morgan fingerprint density at radius 1 is 1.10 bits per heavy atom. The van der Waals surface area contributed by atoms with E-state index in [1.165, 1.54) is 0 Å². The zero-order valence-corrected chi connectivity index (χ0v) is 17.8. The summed E-state index contributed by atoms with van der Waals surface area (Å²) in [5, 5.41) is 9.75. The standard InChI is InChI=1S/C23H27N5O2/c1-15(2)28-21-18(14-25-28)11-23(12-20(21)29)6-8-27(9-7-23)22(30)16-4-5-17-13-24-26(3)19(17)10-16/h4-5,10,13-15H,6-9,11-12H2,1-3H3. The van der Waals surface area contributed by atoms with E-state index in [1.807, 2.05) is 47.2 Å². The molecule has 3 heterocycles. The fourth-order valence-corrected chi connectivity index (χ4v) is 5.11. The molecule has 7 heteroatoms. The Bertz CT molecular complexity index is 1150. The van der Waals surface area contributed by atoms with E-state index < -0.39 is 0 Å². The third-order valence-electron chi connectivity index (χ3n) is 6.83. The number of aromatic nitrogens is 4. The molecule has 3 aromatic rings. The molecule has 1 spiro atoms. The molecule has 1 aliphatic carbocycles. The monoisotopic (exact) mass is 405 g/mol. The molecule has 0 N–H and O–H groups in total. The van der Waals surface area contributed by atoms with Gasteiger partial charge in [0.15, 0.2) is 5.78 Å². The lowest BCUT2D eigenvalue weighted by atomic mass is 9.67. The van der Waals surface area contributed by atoms with E-state index in [1.54, 1.807) is 4.68 Å². The van der Waals surface area contributed by atoms with Crippen LogP contribution in [0.25, 0.3) is 10.9 Å². The first-order chi connectivity index (χ1) is 14.4. The molecule has 5 rings (SSSR count). The summed E-state index contributed by atoms with van der Waals surface area (Å²) in [7, 11) is 1.89. The Balaban J connectivity index is 1.32. The van der Waals surface area contributed by atoms with Crippen LogP contribution in [0.15, 0.2) is 30.6 Å². The van der Waals surface area contributed by atoms with Crippen molar-refractivity contribution in [1.29, 1.82) is 0 Å². The highest BCUT2D eigenvalue weighted by Crippen LogP contribution is 2.44. The van der Waals surface area contributed by atoms with E-state index in [-0.39, 0.29) is 23.1 Å². The number of aryl methyl sites for hydroxylation is 1. The van der Waals surface area contributed by atoms with Gasteiger partial charge in [0.25, 0.3) is 5.91 Å². The predicted molar refractivity (Wildman–Crippen MR) is 114 cm³/mol. The molecule has 1 aliphatic heterocycles. The van der Waals surface area contributed by atoms with E-state index in [4.69, 9.17) is 0 Å². The Labute approximate surface area is 175 Å². The Morgan fingerprint density at radius 3 is 2.60 bits per heavy atom. The molecule has 1 saturated heterocycles. The van der Waals surface area contributed by atoms with Crippen LogP contribution in [0.2, 0.25) is 0 Å². The minimum atomic E-state index is -0.0439. The molecule has 0 bridgehead atoms. The summed E-state index contributed by atoms with van der Waals surface area (Å²) in [4.78, 5) is 28.0. The highest BCUT2D eigenvalue weighted by Gasteiger charge is 2.43. The van der Waals surface area contributed by atoms with Gasteiger partial charge in [-0.25, -0.2) is 0 Å². The molecule has 0 unspecified atom stereocenters. The molecular weight excluding hydrogens is 378 g/mol. The number of benzene rings is 1. The maximum atomic E-state index is 13.1. The van der Waals surface area contributed by atoms with Gasteiger partial charge in [-0.05, 0) is 50.7 Å². The van der Waals surface area contributed by atoms with E-state index in [2.05, 4.69) is 24.0 Å². The number of carbonyl (C=O) groups is 2. The van der Waals surface area contributed by atoms with Crippen LogP contribution in [-0.4, -0.2) is 49.2 Å². The van der Waals surface area contributed by atoms with Crippen molar-refractivity contribution in [3.8, 4) is 0 Å². The molecule has 0 saturated carbocycles. The van der Waals surface area contributed by atoms with Gasteiger partial charge in [0.05, 0.1) is 17.9 Å². The van der Waals surface area contributed by atoms with E-state index >= 15 is 0 Å². The second-order valence-corrected chi connectivity index (χ2v) is 9.17. The normalized spacial score (nSPS) is 18.4. The summed E-state index contributed by atoms with van der Waals surface area (Å²) in [6, 6.07) is 5.94. The molecule has 0 radical (unpaired) electrons. The average molecular weight is 406 g/mol. The van der Waals surface area contributed by atoms with Gasteiger partial charge >= 0.3 is 0 Å². The summed E-state index contributed by atoms with van der Waals surface area (Å²) >= 11 is 0. The van der Waals surface area contributed by atoms with Gasteiger partial charge in [-0.1, -0.05) is 6.07 Å². The zero-order valence-electron chi connectivity index (χ0n) is 17.8. The Morgan fingerprint density at radius 2 is 1.87 bits per heavy atom. The predicted octanol–water partition coefficient (Wildman–Crippen LogP) is 3.40. The molecule has 1 aromatic carbocycles. The van der Waals surface area contributed by atoms with Gasteiger partial charge in [-0.2, -0.15) is 10.2 Å². The molecule has 1 fully saturated rings. The SMILES string of the molecule is CC(C)n1ncc2c1C(=O)CC1(CCN(C(=O)c3ccc4cnn(C)c4c3)CC1)C2. The second kappa shape index (κ2) is 6.79. The number of nitrogens with zero attached hydrogens (tertiary/aromatic N) is 5. The third-order valence-corrected chi connectivity index (χ3v) is 6.83. The number of ketones is 1. The molecule has 0 atom stereocenters. The van der Waals surface area contributed by atoms with Crippen molar-refractivity contribution in [1.82, 2.24) is 24.5 Å². The van der Waals surface area contributed by atoms with Crippen LogP contribution in [0.3, 0.4) is 0 Å². The lowest BCUT2D eigenvalue weighted by molar-refractivity contribution is 0.0517. The highest BCUT2D eigenvalue weighted by molar-refractivity contribution is 5.99. The van der Waals surface area contributed by atoms with Crippen LogP contribution >= 0.6 is 0 Å². The zero-order chi connectivity index (χ0) is 21.0. The minimum absolute atomic E-state index is 0.0439. The van der Waals surface area contributed by atoms with Crippen LogP contribution in [0.4, 0.5) is 0 Å². The second-order valence-electron chi connectivity index (χ2n) is 9.17. The number of Topliss-reactive ketones (excluding diaryl/α,β-unsaturated/α-hetero) is 1. The van der Waals surface area contributed by atoms with Crippen molar-refractivity contribution >= 4 is 22.6 Å². The summed E-state index contributed by atoms with van der Waals surface area (Å²) in [6.45, 7) is 5.47. The summed E-state index contributed by atoms with van der Waals surface area (Å²) < 4.78 is 3.65. The van der Waals surface area contributed by atoms with Crippen LogP contribution < -0.4 is 0 Å². The molecule has 2 aliphatic rings. The van der Waals surface area contributed by atoms with Crippen LogP contribution in [0.1, 0.15) is 65.6 Å². The number of fused-ring (bicyclic) bond motifs is 2. The maximum absolute atomic E-state index is 13.1. The fraction of sp³-hybridized carbons (Fsp3) is 0.478. The number of piperidine rings is 1. The maximum Gasteiger partial charge on any atom is 0.253 e. The average Bonchev–Trinajstić information content (AvgIpc) is 3.32.